The zero-order chi connectivity index (χ0) is 44.9. The molecule has 0 amide bonds. The molecule has 0 nitrogen and oxygen atoms in total. The van der Waals surface area contributed by atoms with Gasteiger partial charge in [-0.25, -0.2) is 8.78 Å². The Labute approximate surface area is 370 Å². The van der Waals surface area contributed by atoms with Gasteiger partial charge in [-0.2, -0.15) is 30.7 Å². The summed E-state index contributed by atoms with van der Waals surface area (Å²) in [4.78, 5) is 8.38. The summed E-state index contributed by atoms with van der Waals surface area (Å²) < 4.78 is 102. The van der Waals surface area contributed by atoms with E-state index in [1.807, 2.05) is 0 Å². The predicted octanol–water partition coefficient (Wildman–Crippen LogP) is 16.7. The largest absolute Gasteiger partial charge is 0.460 e. The highest BCUT2D eigenvalue weighted by Gasteiger charge is 2.76. The first-order valence-electron chi connectivity index (χ1n) is 21.3. The van der Waals surface area contributed by atoms with E-state index in [-0.39, 0.29) is 21.8 Å². The molecule has 0 radical (unpaired) electrons. The van der Waals surface area contributed by atoms with E-state index in [9.17, 15) is 39.5 Å². The lowest BCUT2D eigenvalue weighted by Crippen LogP contribution is -2.55. The Hall–Kier alpha value is -4.61. The van der Waals surface area contributed by atoms with Crippen LogP contribution in [0.3, 0.4) is 0 Å². The monoisotopic (exact) mass is 910 g/mol. The highest BCUT2D eigenvalue weighted by molar-refractivity contribution is 7.97. The third-order valence-corrected chi connectivity index (χ3v) is 15.8. The van der Waals surface area contributed by atoms with Crippen molar-refractivity contribution in [2.75, 3.05) is 0 Å². The van der Waals surface area contributed by atoms with E-state index in [2.05, 4.69) is 170 Å². The fourth-order valence-corrected chi connectivity index (χ4v) is 12.2. The summed E-state index contributed by atoms with van der Waals surface area (Å²) in [6.45, 7) is 0. The molecule has 0 atom stereocenters. The third-order valence-electron chi connectivity index (χ3n) is 11.3. The van der Waals surface area contributed by atoms with E-state index >= 15 is 0 Å². The molecule has 0 heterocycles. The predicted molar refractivity (Wildman–Crippen MR) is 237 cm³/mol. The topological polar surface area (TPSA) is 0 Å². The van der Waals surface area contributed by atoms with Crippen molar-refractivity contribution in [1.29, 1.82) is 0 Å². The second-order valence-corrected chi connectivity index (χ2v) is 19.7. The molecule has 11 heteroatoms. The van der Waals surface area contributed by atoms with Crippen LogP contribution in [0.5, 0.6) is 0 Å². The van der Waals surface area contributed by atoms with Gasteiger partial charge in [0.2, 0.25) is 0 Å². The summed E-state index contributed by atoms with van der Waals surface area (Å²) in [5.74, 6) is -11.6. The minimum atomic E-state index is -6.73. The molecule has 2 saturated carbocycles. The number of benzene rings is 6. The van der Waals surface area contributed by atoms with Crippen molar-refractivity contribution in [3.63, 3.8) is 0 Å². The molecule has 0 spiro atoms. The van der Waals surface area contributed by atoms with Crippen LogP contribution in [0.15, 0.2) is 199 Å². The van der Waals surface area contributed by atoms with Crippen LogP contribution in [0.2, 0.25) is 0 Å². The van der Waals surface area contributed by atoms with Crippen LogP contribution in [-0.4, -0.2) is 24.4 Å². The molecule has 0 N–H and O–H groups in total. The van der Waals surface area contributed by atoms with Gasteiger partial charge in [-0.3, -0.25) is 0 Å². The molecule has 2 aliphatic carbocycles. The summed E-state index contributed by atoms with van der Waals surface area (Å²) in [5, 5.41) is 0. The minimum absolute atomic E-state index is 0.0278. The Morgan fingerprint density at radius 2 is 0.603 bits per heavy atom. The molecular formula is C52H51F9S2+2. The number of halogens is 9. The summed E-state index contributed by atoms with van der Waals surface area (Å²) in [6.07, 6.45) is 2.08. The van der Waals surface area contributed by atoms with Gasteiger partial charge in [0.25, 0.3) is 0 Å². The molecule has 0 saturated heterocycles. The van der Waals surface area contributed by atoms with E-state index in [1.165, 1.54) is 105 Å². The van der Waals surface area contributed by atoms with Crippen molar-refractivity contribution in [1.82, 2.24) is 0 Å². The minimum Gasteiger partial charge on any atom is -0.203 e. The Morgan fingerprint density at radius 3 is 0.825 bits per heavy atom. The maximum Gasteiger partial charge on any atom is 0.460 e. The summed E-state index contributed by atoms with van der Waals surface area (Å²) >= 11 is 0. The van der Waals surface area contributed by atoms with Crippen molar-refractivity contribution in [2.45, 2.75) is 130 Å². The smallest absolute Gasteiger partial charge is 0.203 e. The van der Waals surface area contributed by atoms with E-state index in [1.54, 1.807) is 0 Å². The molecule has 6 aromatic carbocycles. The average Bonchev–Trinajstić information content (AvgIpc) is 3.32. The quantitative estimate of drug-likeness (QED) is 0.0949. The van der Waals surface area contributed by atoms with Crippen LogP contribution in [0, 0.1) is 0 Å². The molecule has 63 heavy (non-hydrogen) atoms. The van der Waals surface area contributed by atoms with Gasteiger partial charge in [0, 0.05) is 0 Å². The van der Waals surface area contributed by atoms with Crippen molar-refractivity contribution in [3.8, 4) is 0 Å². The Morgan fingerprint density at radius 1 is 0.349 bits per heavy atom. The van der Waals surface area contributed by atoms with Gasteiger partial charge in [-0.15, -0.1) is 0 Å². The molecule has 0 aromatic heterocycles. The molecule has 332 valence electrons. The third kappa shape index (κ3) is 12.4. The SMILES string of the molecule is FC(F)C(F)(F)C(F)(F)C(F)(F)F.c1ccc([S+](c2ccccc2)c2ccc(C3CCCCC3)cc2)cc1.c1ccc([S+](c2ccccc2)c2ccc(C3CCCCC3)cc2)cc1. The van der Waals surface area contributed by atoms with Crippen LogP contribution in [0.25, 0.3) is 0 Å². The highest BCUT2D eigenvalue weighted by Crippen LogP contribution is 2.49. The van der Waals surface area contributed by atoms with E-state index in [4.69, 9.17) is 0 Å². The van der Waals surface area contributed by atoms with E-state index < -0.39 is 24.4 Å². The first-order chi connectivity index (χ1) is 30.3. The Bertz CT molecular complexity index is 1990. The molecule has 8 rings (SSSR count). The summed E-state index contributed by atoms with van der Waals surface area (Å²) in [7, 11) is -0.0557. The van der Waals surface area contributed by atoms with Crippen molar-refractivity contribution < 1.29 is 39.5 Å². The fraction of sp³-hybridized carbons (Fsp3) is 0.308. The van der Waals surface area contributed by atoms with E-state index in [0.29, 0.717) is 0 Å². The maximum atomic E-state index is 11.6. The number of rotatable bonds is 10. The molecule has 0 unspecified atom stereocenters. The van der Waals surface area contributed by atoms with Gasteiger partial charge >= 0.3 is 24.4 Å². The van der Waals surface area contributed by atoms with Crippen molar-refractivity contribution in [2.24, 2.45) is 0 Å². The van der Waals surface area contributed by atoms with Gasteiger partial charge in [0.05, 0.1) is 21.8 Å². The standard InChI is InChI=1S/2C24H25S.C4HF9/c2*1-4-10-20(11-5-1)21-16-18-24(19-17-21)25(22-12-6-2-7-13-22)23-14-8-3-9-15-23;5-1(6)2(7,8)3(9,10)4(11,12)13/h2*2-3,6-9,12-20H,1,4-5,10-11H2;1H/q2*+1;. The van der Waals surface area contributed by atoms with Crippen molar-refractivity contribution >= 4 is 21.8 Å². The molecule has 6 aromatic rings. The lowest BCUT2D eigenvalue weighted by molar-refractivity contribution is -0.375. The summed E-state index contributed by atoms with van der Waals surface area (Å²) in [5.41, 5.74) is 3.07. The van der Waals surface area contributed by atoms with Gasteiger partial charge in [0.15, 0.2) is 29.4 Å². The van der Waals surface area contributed by atoms with Gasteiger partial charge < -0.3 is 0 Å². The lowest BCUT2D eigenvalue weighted by atomic mass is 9.84. The maximum absolute atomic E-state index is 11.6. The van der Waals surface area contributed by atoms with Crippen LogP contribution in [-0.2, 0) is 21.8 Å². The number of hydrogen-bond donors (Lipinski definition) is 0. The first-order valence-corrected chi connectivity index (χ1v) is 23.7. The molecule has 2 fully saturated rings. The Balaban J connectivity index is 0.000000166. The molecule has 2 aliphatic rings. The van der Waals surface area contributed by atoms with Crippen LogP contribution < -0.4 is 0 Å². The molecule has 0 bridgehead atoms. The lowest BCUT2D eigenvalue weighted by Gasteiger charge is -2.27. The second kappa shape index (κ2) is 22.3. The number of alkyl halides is 9. The van der Waals surface area contributed by atoms with Gasteiger partial charge in [0.1, 0.15) is 0 Å². The highest BCUT2D eigenvalue weighted by atomic mass is 32.2. The van der Waals surface area contributed by atoms with Gasteiger partial charge in [-0.05, 0) is 121 Å². The fourth-order valence-electron chi connectivity index (χ4n) is 7.99. The Kier molecular flexibility index (Phi) is 17.0. The first kappa shape index (κ1) is 47.9. The van der Waals surface area contributed by atoms with Crippen molar-refractivity contribution in [3.05, 3.63) is 181 Å². The summed E-state index contributed by atoms with van der Waals surface area (Å²) in [6, 6.07) is 62.6. The van der Waals surface area contributed by atoms with Crippen LogP contribution in [0.4, 0.5) is 39.5 Å². The second-order valence-electron chi connectivity index (χ2n) is 15.7. The van der Waals surface area contributed by atoms with Gasteiger partial charge in [-0.1, -0.05) is 136 Å². The normalized spacial score (nSPS) is 15.4. The van der Waals surface area contributed by atoms with Crippen LogP contribution >= 0.6 is 0 Å². The zero-order valence-electron chi connectivity index (χ0n) is 34.7. The number of hydrogen-bond acceptors (Lipinski definition) is 0. The molecule has 0 aliphatic heterocycles. The zero-order valence-corrected chi connectivity index (χ0v) is 36.3. The molecular weight excluding hydrogens is 860 g/mol. The van der Waals surface area contributed by atoms with Crippen LogP contribution in [0.1, 0.15) is 87.2 Å². The average molecular weight is 911 g/mol. The van der Waals surface area contributed by atoms with E-state index in [0.717, 1.165) is 11.8 Å².